The lowest BCUT2D eigenvalue weighted by Gasteiger charge is -2.17. The normalized spacial score (nSPS) is 17.8. The van der Waals surface area contributed by atoms with E-state index in [2.05, 4.69) is 10.1 Å². The van der Waals surface area contributed by atoms with Gasteiger partial charge in [0.05, 0.1) is 16.1 Å². The van der Waals surface area contributed by atoms with Crippen LogP contribution in [0.3, 0.4) is 0 Å². The lowest BCUT2D eigenvalue weighted by atomic mass is 9.99. The Bertz CT molecular complexity index is 608. The van der Waals surface area contributed by atoms with Crippen LogP contribution in [0.5, 0.6) is 0 Å². The topological polar surface area (TPSA) is 64.9 Å². The SMILES string of the molecule is NC1(c2noc(-c3cccc(F)c3Cl)n2)CCCC1. The Morgan fingerprint density at radius 2 is 2.05 bits per heavy atom. The quantitative estimate of drug-likeness (QED) is 0.917. The summed E-state index contributed by atoms with van der Waals surface area (Å²) in [6, 6.07) is 4.47. The van der Waals surface area contributed by atoms with Crippen LogP contribution in [0.15, 0.2) is 22.7 Å². The summed E-state index contributed by atoms with van der Waals surface area (Å²) in [7, 11) is 0. The Kier molecular flexibility index (Phi) is 3.03. The second-order valence-electron chi connectivity index (χ2n) is 4.89. The molecule has 0 unspecified atom stereocenters. The number of hydrogen-bond donors (Lipinski definition) is 1. The van der Waals surface area contributed by atoms with Crippen LogP contribution in [-0.2, 0) is 5.54 Å². The van der Waals surface area contributed by atoms with Crippen molar-refractivity contribution in [2.24, 2.45) is 5.73 Å². The van der Waals surface area contributed by atoms with Gasteiger partial charge in [0.25, 0.3) is 5.89 Å². The van der Waals surface area contributed by atoms with Crippen LogP contribution in [0.2, 0.25) is 5.02 Å². The smallest absolute Gasteiger partial charge is 0.259 e. The van der Waals surface area contributed by atoms with Gasteiger partial charge in [-0.25, -0.2) is 4.39 Å². The highest BCUT2D eigenvalue weighted by atomic mass is 35.5. The van der Waals surface area contributed by atoms with E-state index < -0.39 is 11.4 Å². The summed E-state index contributed by atoms with van der Waals surface area (Å²) in [6.07, 6.45) is 3.79. The fourth-order valence-electron chi connectivity index (χ4n) is 2.43. The van der Waals surface area contributed by atoms with Crippen LogP contribution in [0.4, 0.5) is 4.39 Å². The van der Waals surface area contributed by atoms with Gasteiger partial charge in [0.2, 0.25) is 0 Å². The maximum atomic E-state index is 13.4. The molecule has 0 aliphatic heterocycles. The first-order chi connectivity index (χ1) is 9.10. The van der Waals surface area contributed by atoms with Crippen molar-refractivity contribution in [3.05, 3.63) is 34.9 Å². The fraction of sp³-hybridized carbons (Fsp3) is 0.385. The number of aromatic nitrogens is 2. The van der Waals surface area contributed by atoms with Crippen molar-refractivity contribution in [2.45, 2.75) is 31.2 Å². The molecule has 0 amide bonds. The molecule has 0 bridgehead atoms. The van der Waals surface area contributed by atoms with E-state index >= 15 is 0 Å². The molecule has 4 nitrogen and oxygen atoms in total. The van der Waals surface area contributed by atoms with E-state index in [-0.39, 0.29) is 10.9 Å². The van der Waals surface area contributed by atoms with Crippen molar-refractivity contribution in [1.29, 1.82) is 0 Å². The molecule has 1 saturated carbocycles. The van der Waals surface area contributed by atoms with Gasteiger partial charge >= 0.3 is 0 Å². The first-order valence-corrected chi connectivity index (χ1v) is 6.55. The zero-order valence-corrected chi connectivity index (χ0v) is 11.0. The molecule has 2 N–H and O–H groups in total. The Hall–Kier alpha value is -1.46. The average molecular weight is 282 g/mol. The largest absolute Gasteiger partial charge is 0.334 e. The van der Waals surface area contributed by atoms with Gasteiger partial charge in [-0.15, -0.1) is 0 Å². The summed E-state index contributed by atoms with van der Waals surface area (Å²) >= 11 is 5.90. The Morgan fingerprint density at radius 1 is 1.32 bits per heavy atom. The molecule has 19 heavy (non-hydrogen) atoms. The maximum absolute atomic E-state index is 13.4. The van der Waals surface area contributed by atoms with Crippen molar-refractivity contribution < 1.29 is 8.91 Å². The predicted octanol–water partition coefficient (Wildman–Crippen LogP) is 3.26. The van der Waals surface area contributed by atoms with E-state index in [1.807, 2.05) is 0 Å². The van der Waals surface area contributed by atoms with Gasteiger partial charge < -0.3 is 10.3 Å². The molecule has 6 heteroatoms. The van der Waals surface area contributed by atoms with Crippen LogP contribution in [0, 0.1) is 5.82 Å². The van der Waals surface area contributed by atoms with Gasteiger partial charge in [-0.1, -0.05) is 35.7 Å². The third-order valence-electron chi connectivity index (χ3n) is 3.55. The lowest BCUT2D eigenvalue weighted by Crippen LogP contribution is -2.34. The van der Waals surface area contributed by atoms with Gasteiger partial charge in [0.1, 0.15) is 5.82 Å². The molecular formula is C13H13ClFN3O. The van der Waals surface area contributed by atoms with Crippen molar-refractivity contribution in [3.8, 4) is 11.5 Å². The number of halogens is 2. The van der Waals surface area contributed by atoms with Crippen LogP contribution in [0.25, 0.3) is 11.5 Å². The molecule has 1 aliphatic rings. The number of nitrogens with zero attached hydrogens (tertiary/aromatic N) is 2. The summed E-state index contributed by atoms with van der Waals surface area (Å²) in [5.41, 5.74) is 6.11. The van der Waals surface area contributed by atoms with Crippen LogP contribution >= 0.6 is 11.6 Å². The minimum Gasteiger partial charge on any atom is -0.334 e. The highest BCUT2D eigenvalue weighted by molar-refractivity contribution is 6.33. The molecule has 3 rings (SSSR count). The lowest BCUT2D eigenvalue weighted by molar-refractivity contribution is 0.372. The molecule has 1 fully saturated rings. The number of benzene rings is 1. The van der Waals surface area contributed by atoms with Crippen LogP contribution < -0.4 is 5.73 Å². The molecule has 2 aromatic rings. The Morgan fingerprint density at radius 3 is 2.79 bits per heavy atom. The minimum atomic E-state index is -0.526. The molecule has 1 aromatic heterocycles. The third kappa shape index (κ3) is 2.13. The van der Waals surface area contributed by atoms with E-state index in [4.69, 9.17) is 21.9 Å². The molecule has 100 valence electrons. The molecule has 0 spiro atoms. The highest BCUT2D eigenvalue weighted by Gasteiger charge is 2.36. The highest BCUT2D eigenvalue weighted by Crippen LogP contribution is 2.36. The van der Waals surface area contributed by atoms with Gasteiger partial charge in [-0.05, 0) is 25.0 Å². The summed E-state index contributed by atoms with van der Waals surface area (Å²) in [5.74, 6) is 0.166. The zero-order valence-electron chi connectivity index (χ0n) is 10.2. The summed E-state index contributed by atoms with van der Waals surface area (Å²) < 4.78 is 18.6. The molecule has 0 atom stereocenters. The summed E-state index contributed by atoms with van der Waals surface area (Å²) in [5, 5.41) is 3.91. The third-order valence-corrected chi connectivity index (χ3v) is 3.93. The summed E-state index contributed by atoms with van der Waals surface area (Å²) in [4.78, 5) is 4.28. The minimum absolute atomic E-state index is 0.0183. The molecule has 0 radical (unpaired) electrons. The molecule has 1 aliphatic carbocycles. The summed E-state index contributed by atoms with van der Waals surface area (Å²) in [6.45, 7) is 0. The first-order valence-electron chi connectivity index (χ1n) is 6.18. The van der Waals surface area contributed by atoms with E-state index in [1.165, 1.54) is 6.07 Å². The molecule has 1 heterocycles. The van der Waals surface area contributed by atoms with E-state index in [0.29, 0.717) is 11.4 Å². The van der Waals surface area contributed by atoms with Crippen molar-refractivity contribution >= 4 is 11.6 Å². The van der Waals surface area contributed by atoms with Gasteiger partial charge in [-0.3, -0.25) is 0 Å². The standard InChI is InChI=1S/C13H13ClFN3O/c14-10-8(4-3-5-9(10)15)11-17-12(18-19-11)13(16)6-1-2-7-13/h3-5H,1-2,6-7,16H2. The van der Waals surface area contributed by atoms with Crippen molar-refractivity contribution in [1.82, 2.24) is 10.1 Å². The molecular weight excluding hydrogens is 269 g/mol. The Balaban J connectivity index is 1.99. The predicted molar refractivity (Wildman–Crippen MR) is 69.0 cm³/mol. The monoisotopic (exact) mass is 281 g/mol. The van der Waals surface area contributed by atoms with E-state index in [9.17, 15) is 4.39 Å². The number of nitrogens with two attached hydrogens (primary N) is 1. The van der Waals surface area contributed by atoms with Crippen LogP contribution in [-0.4, -0.2) is 10.1 Å². The molecule has 0 saturated heterocycles. The second kappa shape index (κ2) is 4.58. The fourth-order valence-corrected chi connectivity index (χ4v) is 2.64. The van der Waals surface area contributed by atoms with Crippen molar-refractivity contribution in [2.75, 3.05) is 0 Å². The average Bonchev–Trinajstić information content (AvgIpc) is 3.02. The maximum Gasteiger partial charge on any atom is 0.259 e. The zero-order chi connectivity index (χ0) is 13.5. The number of rotatable bonds is 2. The van der Waals surface area contributed by atoms with Crippen LogP contribution in [0.1, 0.15) is 31.5 Å². The first kappa shape index (κ1) is 12.6. The van der Waals surface area contributed by atoms with Crippen molar-refractivity contribution in [3.63, 3.8) is 0 Å². The van der Waals surface area contributed by atoms with E-state index in [0.717, 1.165) is 25.7 Å². The van der Waals surface area contributed by atoms with Gasteiger partial charge in [0.15, 0.2) is 5.82 Å². The molecule has 1 aromatic carbocycles. The van der Waals surface area contributed by atoms with Gasteiger partial charge in [0, 0.05) is 0 Å². The second-order valence-corrected chi connectivity index (χ2v) is 5.27. The Labute approximate surface area is 114 Å². The van der Waals surface area contributed by atoms with E-state index in [1.54, 1.807) is 12.1 Å². The number of hydrogen-bond acceptors (Lipinski definition) is 4. The van der Waals surface area contributed by atoms with Gasteiger partial charge in [-0.2, -0.15) is 4.98 Å².